The highest BCUT2D eigenvalue weighted by atomic mass is 16.6. The zero-order valence-electron chi connectivity index (χ0n) is 15.3. The Balaban J connectivity index is 1.46. The Labute approximate surface area is 165 Å². The predicted molar refractivity (Wildman–Crippen MR) is 104 cm³/mol. The van der Waals surface area contributed by atoms with E-state index < -0.39 is 17.4 Å². The van der Waals surface area contributed by atoms with Crippen LogP contribution in [0.5, 0.6) is 11.5 Å². The lowest BCUT2D eigenvalue weighted by Crippen LogP contribution is -2.43. The third-order valence-corrected chi connectivity index (χ3v) is 4.49. The Kier molecular flexibility index (Phi) is 4.86. The van der Waals surface area contributed by atoms with Crippen LogP contribution in [0.1, 0.15) is 10.5 Å². The minimum absolute atomic E-state index is 0.0615. The van der Waals surface area contributed by atoms with Crippen LogP contribution in [0.15, 0.2) is 53.3 Å². The van der Waals surface area contributed by atoms with Gasteiger partial charge in [0.05, 0.1) is 11.9 Å². The summed E-state index contributed by atoms with van der Waals surface area (Å²) in [6.45, 7) is 0.129. The average molecular weight is 394 g/mol. The molecule has 2 heterocycles. The first-order valence-electron chi connectivity index (χ1n) is 8.98. The fourth-order valence-corrected chi connectivity index (χ4v) is 3.11. The van der Waals surface area contributed by atoms with E-state index in [1.165, 1.54) is 0 Å². The van der Waals surface area contributed by atoms with Crippen LogP contribution in [-0.4, -0.2) is 40.9 Å². The van der Waals surface area contributed by atoms with Crippen molar-refractivity contribution in [2.45, 2.75) is 12.6 Å². The first kappa shape index (κ1) is 18.5. The molecule has 3 aromatic rings. The van der Waals surface area contributed by atoms with Gasteiger partial charge >= 0.3 is 0 Å². The number of benzene rings is 2. The predicted octanol–water partition coefficient (Wildman–Crippen LogP) is 0.452. The van der Waals surface area contributed by atoms with E-state index >= 15 is 0 Å². The molecule has 0 saturated heterocycles. The number of fused-ring (bicyclic) bond motifs is 2. The normalized spacial score (nSPS) is 15.1. The number of ether oxygens (including phenoxy) is 2. The molecule has 2 amide bonds. The molecule has 0 saturated carbocycles. The maximum absolute atomic E-state index is 12.6. The molecule has 0 fully saturated rings. The van der Waals surface area contributed by atoms with Crippen molar-refractivity contribution in [3.05, 3.63) is 64.6 Å². The maximum atomic E-state index is 12.6. The molecule has 0 bridgehead atoms. The van der Waals surface area contributed by atoms with E-state index in [0.29, 0.717) is 16.9 Å². The second kappa shape index (κ2) is 7.63. The van der Waals surface area contributed by atoms with Crippen molar-refractivity contribution >= 4 is 22.6 Å². The van der Waals surface area contributed by atoms with Crippen molar-refractivity contribution in [3.8, 4) is 11.5 Å². The monoisotopic (exact) mass is 394 g/mol. The summed E-state index contributed by atoms with van der Waals surface area (Å²) >= 11 is 0. The van der Waals surface area contributed by atoms with E-state index in [2.05, 4.69) is 10.4 Å². The molecule has 148 valence electrons. The van der Waals surface area contributed by atoms with Gasteiger partial charge in [-0.05, 0) is 18.2 Å². The van der Waals surface area contributed by atoms with Crippen molar-refractivity contribution in [1.82, 2.24) is 15.1 Å². The van der Waals surface area contributed by atoms with Gasteiger partial charge in [-0.25, -0.2) is 4.68 Å². The molecule has 4 rings (SSSR count). The topological polar surface area (TPSA) is 126 Å². The van der Waals surface area contributed by atoms with Crippen molar-refractivity contribution in [2.75, 3.05) is 13.2 Å². The van der Waals surface area contributed by atoms with Crippen molar-refractivity contribution in [3.63, 3.8) is 0 Å². The zero-order chi connectivity index (χ0) is 20.4. The number of nitrogens with zero attached hydrogens (tertiary/aromatic N) is 2. The Bertz CT molecular complexity index is 1160. The van der Waals surface area contributed by atoms with Gasteiger partial charge in [0.15, 0.2) is 17.2 Å². The molecule has 29 heavy (non-hydrogen) atoms. The number of aromatic nitrogens is 2. The first-order valence-corrected chi connectivity index (χ1v) is 8.98. The number of hydrogen-bond acceptors (Lipinski definition) is 6. The van der Waals surface area contributed by atoms with Gasteiger partial charge in [0.2, 0.25) is 5.91 Å². The molecule has 0 aliphatic carbocycles. The van der Waals surface area contributed by atoms with Crippen molar-refractivity contribution in [2.24, 2.45) is 5.73 Å². The van der Waals surface area contributed by atoms with Crippen LogP contribution in [-0.2, 0) is 11.3 Å². The summed E-state index contributed by atoms with van der Waals surface area (Å²) in [6.07, 6.45) is -0.365. The molecule has 9 heteroatoms. The number of para-hydroxylation sites is 2. The van der Waals surface area contributed by atoms with Gasteiger partial charge in [-0.3, -0.25) is 14.4 Å². The number of rotatable bonds is 5. The minimum Gasteiger partial charge on any atom is -0.486 e. The average Bonchev–Trinajstić information content (AvgIpc) is 2.74. The first-order chi connectivity index (χ1) is 14.0. The Hall–Kier alpha value is -3.88. The third-order valence-electron chi connectivity index (χ3n) is 4.49. The highest BCUT2D eigenvalue weighted by Gasteiger charge is 2.21. The van der Waals surface area contributed by atoms with E-state index in [-0.39, 0.29) is 36.9 Å². The van der Waals surface area contributed by atoms with Crippen LogP contribution >= 0.6 is 0 Å². The SMILES string of the molecule is NC(=O)c1nn(CC(=O)NC[C@H]2COc3ccccc3O2)c(=O)c2ccccc12. The van der Waals surface area contributed by atoms with E-state index in [0.717, 1.165) is 4.68 Å². The minimum atomic E-state index is -0.776. The molecule has 1 aliphatic heterocycles. The molecule has 0 radical (unpaired) electrons. The van der Waals surface area contributed by atoms with Gasteiger partial charge in [0.25, 0.3) is 11.5 Å². The number of nitrogens with two attached hydrogens (primary N) is 1. The zero-order valence-corrected chi connectivity index (χ0v) is 15.3. The molecule has 1 aromatic heterocycles. The molecule has 1 aliphatic rings. The smallest absolute Gasteiger partial charge is 0.275 e. The lowest BCUT2D eigenvalue weighted by atomic mass is 10.1. The summed E-state index contributed by atoms with van der Waals surface area (Å²) in [7, 11) is 0. The molecule has 2 aromatic carbocycles. The van der Waals surface area contributed by atoms with Gasteiger partial charge < -0.3 is 20.5 Å². The van der Waals surface area contributed by atoms with Gasteiger partial charge in [0, 0.05) is 5.39 Å². The lowest BCUT2D eigenvalue weighted by molar-refractivity contribution is -0.122. The number of carbonyl (C=O) groups excluding carboxylic acids is 2. The quantitative estimate of drug-likeness (QED) is 0.647. The number of nitrogens with one attached hydrogen (secondary N) is 1. The van der Waals surface area contributed by atoms with Crippen LogP contribution in [0.25, 0.3) is 10.8 Å². The number of amides is 2. The molecule has 1 atom stereocenters. The van der Waals surface area contributed by atoms with E-state index in [1.54, 1.807) is 36.4 Å². The maximum Gasteiger partial charge on any atom is 0.275 e. The second-order valence-corrected chi connectivity index (χ2v) is 6.52. The fourth-order valence-electron chi connectivity index (χ4n) is 3.11. The summed E-state index contributed by atoms with van der Waals surface area (Å²) in [6, 6.07) is 13.8. The summed E-state index contributed by atoms with van der Waals surface area (Å²) in [4.78, 5) is 36.7. The number of primary amides is 1. The summed E-state index contributed by atoms with van der Waals surface area (Å²) in [5.41, 5.74) is 4.84. The Morgan fingerprint density at radius 3 is 2.55 bits per heavy atom. The largest absolute Gasteiger partial charge is 0.486 e. The van der Waals surface area contributed by atoms with Crippen LogP contribution in [0, 0.1) is 0 Å². The summed E-state index contributed by atoms with van der Waals surface area (Å²) in [5.74, 6) is 0.0343. The second-order valence-electron chi connectivity index (χ2n) is 6.52. The van der Waals surface area contributed by atoms with Crippen LogP contribution in [0.2, 0.25) is 0 Å². The van der Waals surface area contributed by atoms with Gasteiger partial charge in [0.1, 0.15) is 19.3 Å². The Morgan fingerprint density at radius 1 is 1.10 bits per heavy atom. The van der Waals surface area contributed by atoms with Crippen molar-refractivity contribution in [1.29, 1.82) is 0 Å². The van der Waals surface area contributed by atoms with Crippen molar-refractivity contribution < 1.29 is 19.1 Å². The fraction of sp³-hybridized carbons (Fsp3) is 0.200. The van der Waals surface area contributed by atoms with E-state index in [4.69, 9.17) is 15.2 Å². The van der Waals surface area contributed by atoms with Gasteiger partial charge in [-0.15, -0.1) is 0 Å². The van der Waals surface area contributed by atoms with E-state index in [9.17, 15) is 14.4 Å². The van der Waals surface area contributed by atoms with E-state index in [1.807, 2.05) is 12.1 Å². The summed E-state index contributed by atoms with van der Waals surface area (Å²) in [5, 5.41) is 7.30. The third kappa shape index (κ3) is 3.75. The summed E-state index contributed by atoms with van der Waals surface area (Å²) < 4.78 is 12.3. The number of hydrogen-bond donors (Lipinski definition) is 2. The Morgan fingerprint density at radius 2 is 1.79 bits per heavy atom. The molecule has 0 unspecified atom stereocenters. The standard InChI is InChI=1S/C20H18N4O5/c21-19(26)18-13-5-1-2-6-14(13)20(27)24(23-18)10-17(25)22-9-12-11-28-15-7-3-4-8-16(15)29-12/h1-8,12H,9-11H2,(H2,21,26)(H,22,25)/t12-/m0/s1. The van der Waals surface area contributed by atoms with Gasteiger partial charge in [-0.1, -0.05) is 30.3 Å². The molecule has 3 N–H and O–H groups in total. The van der Waals surface area contributed by atoms with Gasteiger partial charge in [-0.2, -0.15) is 5.10 Å². The highest BCUT2D eigenvalue weighted by Crippen LogP contribution is 2.30. The van der Waals surface area contributed by atoms with Crippen LogP contribution in [0.4, 0.5) is 0 Å². The number of carbonyl (C=O) groups is 2. The van der Waals surface area contributed by atoms with Crippen LogP contribution < -0.4 is 26.1 Å². The molecular formula is C20H18N4O5. The van der Waals surface area contributed by atoms with Crippen LogP contribution in [0.3, 0.4) is 0 Å². The lowest BCUT2D eigenvalue weighted by Gasteiger charge is -2.26. The molecular weight excluding hydrogens is 376 g/mol. The molecule has 9 nitrogen and oxygen atoms in total. The molecule has 0 spiro atoms. The highest BCUT2D eigenvalue weighted by molar-refractivity contribution is 6.04.